The van der Waals surface area contributed by atoms with Crippen LogP contribution in [0.3, 0.4) is 0 Å². The van der Waals surface area contributed by atoms with Crippen molar-refractivity contribution in [2.24, 2.45) is 5.92 Å². The van der Waals surface area contributed by atoms with Crippen molar-refractivity contribution in [1.82, 2.24) is 15.0 Å². The Hall–Kier alpha value is -3.53. The van der Waals surface area contributed by atoms with Crippen molar-refractivity contribution in [3.05, 3.63) is 52.1 Å². The fourth-order valence-corrected chi connectivity index (χ4v) is 5.29. The topological polar surface area (TPSA) is 102 Å². The average Bonchev–Trinajstić information content (AvgIpc) is 3.47. The molecule has 2 aromatic heterocycles. The maximum atomic E-state index is 6.73. The molecular formula is C28H30Cl2N6O3. The van der Waals surface area contributed by atoms with Gasteiger partial charge in [-0.15, -0.1) is 0 Å². The number of anilines is 4. The monoisotopic (exact) mass is 568 g/mol. The van der Waals surface area contributed by atoms with Crippen molar-refractivity contribution in [3.8, 4) is 22.8 Å². The molecule has 39 heavy (non-hydrogen) atoms. The third kappa shape index (κ3) is 5.48. The number of hydrogen-bond acceptors (Lipinski definition) is 9. The number of nitrogens with zero attached hydrogens (tertiary/aromatic N) is 3. The summed E-state index contributed by atoms with van der Waals surface area (Å²) in [5.41, 5.74) is 4.63. The van der Waals surface area contributed by atoms with E-state index < -0.39 is 0 Å². The van der Waals surface area contributed by atoms with Gasteiger partial charge in [0.1, 0.15) is 17.0 Å². The number of halogens is 2. The first kappa shape index (κ1) is 27.1. The van der Waals surface area contributed by atoms with Crippen LogP contribution >= 0.6 is 23.2 Å². The predicted octanol–water partition coefficient (Wildman–Crippen LogP) is 6.56. The maximum Gasteiger partial charge on any atom is 0.227 e. The SMILES string of the molecule is CNc1cccc(C)c1Nc1ncc2cc(-c3c(Cl)c(OC)cc(OC)c3Cl)nc(NCC3CCOC3)c2n1. The average molecular weight is 569 g/mol. The molecule has 0 spiro atoms. The second-order valence-corrected chi connectivity index (χ2v) is 10.0. The predicted molar refractivity (Wildman–Crippen MR) is 157 cm³/mol. The van der Waals surface area contributed by atoms with Crippen LogP contribution in [0, 0.1) is 12.8 Å². The van der Waals surface area contributed by atoms with Gasteiger partial charge >= 0.3 is 0 Å². The molecule has 1 aliphatic rings. The Bertz CT molecular complexity index is 1480. The second-order valence-electron chi connectivity index (χ2n) is 9.25. The Balaban J connectivity index is 1.63. The summed E-state index contributed by atoms with van der Waals surface area (Å²) in [6.45, 7) is 4.18. The van der Waals surface area contributed by atoms with E-state index in [0.29, 0.717) is 69.2 Å². The zero-order valence-electron chi connectivity index (χ0n) is 22.2. The number of para-hydroxylation sites is 1. The highest BCUT2D eigenvalue weighted by Gasteiger charge is 2.23. The number of pyridine rings is 1. The van der Waals surface area contributed by atoms with Crippen LogP contribution in [-0.2, 0) is 4.74 Å². The van der Waals surface area contributed by atoms with Crippen molar-refractivity contribution in [2.75, 3.05) is 57.0 Å². The van der Waals surface area contributed by atoms with Gasteiger partial charge in [0.2, 0.25) is 5.95 Å². The summed E-state index contributed by atoms with van der Waals surface area (Å²) in [7, 11) is 4.96. The molecule has 1 unspecified atom stereocenters. The summed E-state index contributed by atoms with van der Waals surface area (Å²) in [6, 6.07) is 9.54. The molecule has 0 saturated carbocycles. The Morgan fingerprint density at radius 2 is 1.85 bits per heavy atom. The molecule has 0 amide bonds. The molecule has 1 aliphatic heterocycles. The van der Waals surface area contributed by atoms with E-state index in [4.69, 9.17) is 47.4 Å². The quantitative estimate of drug-likeness (QED) is 0.207. The van der Waals surface area contributed by atoms with Crippen LogP contribution < -0.4 is 25.4 Å². The molecule has 1 saturated heterocycles. The molecule has 0 radical (unpaired) electrons. The summed E-state index contributed by atoms with van der Waals surface area (Å²) in [4.78, 5) is 14.4. The molecule has 3 heterocycles. The van der Waals surface area contributed by atoms with Crippen LogP contribution in [0.2, 0.25) is 10.0 Å². The number of hydrogen-bond donors (Lipinski definition) is 3. The van der Waals surface area contributed by atoms with E-state index in [1.165, 1.54) is 0 Å². The molecule has 4 aromatic rings. The van der Waals surface area contributed by atoms with Gasteiger partial charge in [0.25, 0.3) is 0 Å². The van der Waals surface area contributed by atoms with Gasteiger partial charge in [0, 0.05) is 49.3 Å². The zero-order valence-corrected chi connectivity index (χ0v) is 23.7. The fourth-order valence-electron chi connectivity index (χ4n) is 4.60. The molecule has 0 bridgehead atoms. The van der Waals surface area contributed by atoms with Crippen LogP contribution in [-0.4, -0.2) is 56.0 Å². The van der Waals surface area contributed by atoms with Crippen molar-refractivity contribution in [1.29, 1.82) is 0 Å². The highest BCUT2D eigenvalue weighted by Crippen LogP contribution is 2.46. The lowest BCUT2D eigenvalue weighted by molar-refractivity contribution is 0.187. The van der Waals surface area contributed by atoms with Crippen molar-refractivity contribution < 1.29 is 14.2 Å². The number of aryl methyl sites for hydroxylation is 1. The minimum Gasteiger partial charge on any atom is -0.495 e. The lowest BCUT2D eigenvalue weighted by Gasteiger charge is -2.18. The van der Waals surface area contributed by atoms with Crippen LogP contribution in [0.1, 0.15) is 12.0 Å². The largest absolute Gasteiger partial charge is 0.495 e. The molecule has 5 rings (SSSR count). The smallest absolute Gasteiger partial charge is 0.227 e. The van der Waals surface area contributed by atoms with Gasteiger partial charge in [-0.2, -0.15) is 0 Å². The summed E-state index contributed by atoms with van der Waals surface area (Å²) in [6.07, 6.45) is 2.74. The first-order valence-electron chi connectivity index (χ1n) is 12.6. The van der Waals surface area contributed by atoms with Gasteiger partial charge in [0.15, 0.2) is 5.82 Å². The number of benzene rings is 2. The Labute approximate surface area is 237 Å². The van der Waals surface area contributed by atoms with E-state index in [1.807, 2.05) is 38.2 Å². The van der Waals surface area contributed by atoms with Gasteiger partial charge in [0.05, 0.1) is 47.9 Å². The number of ether oxygens (including phenoxy) is 3. The zero-order chi connectivity index (χ0) is 27.5. The molecule has 204 valence electrons. The number of rotatable bonds is 9. The van der Waals surface area contributed by atoms with Gasteiger partial charge in [-0.3, -0.25) is 0 Å². The molecule has 2 aromatic carbocycles. The molecule has 9 nitrogen and oxygen atoms in total. The van der Waals surface area contributed by atoms with Gasteiger partial charge in [-0.05, 0) is 31.0 Å². The third-order valence-electron chi connectivity index (χ3n) is 6.76. The van der Waals surface area contributed by atoms with Crippen LogP contribution in [0.25, 0.3) is 22.2 Å². The molecule has 0 aliphatic carbocycles. The van der Waals surface area contributed by atoms with E-state index in [0.717, 1.165) is 35.4 Å². The lowest BCUT2D eigenvalue weighted by atomic mass is 10.1. The van der Waals surface area contributed by atoms with Gasteiger partial charge in [-0.1, -0.05) is 35.3 Å². The summed E-state index contributed by atoms with van der Waals surface area (Å²) >= 11 is 13.5. The fraction of sp³-hybridized carbons (Fsp3) is 0.321. The van der Waals surface area contributed by atoms with E-state index >= 15 is 0 Å². The minimum absolute atomic E-state index is 0.337. The second kappa shape index (κ2) is 11.7. The minimum atomic E-state index is 0.337. The van der Waals surface area contributed by atoms with Crippen LogP contribution in [0.15, 0.2) is 36.5 Å². The highest BCUT2D eigenvalue weighted by molar-refractivity contribution is 6.41. The normalized spacial score (nSPS) is 14.9. The maximum absolute atomic E-state index is 6.73. The number of fused-ring (bicyclic) bond motifs is 1. The molecule has 1 atom stereocenters. The van der Waals surface area contributed by atoms with Crippen molar-refractivity contribution >= 4 is 57.2 Å². The first-order valence-corrected chi connectivity index (χ1v) is 13.3. The number of methoxy groups -OCH3 is 2. The molecular weight excluding hydrogens is 539 g/mol. The Morgan fingerprint density at radius 3 is 2.51 bits per heavy atom. The van der Waals surface area contributed by atoms with E-state index in [-0.39, 0.29) is 0 Å². The standard InChI is InChI=1S/C28H30Cl2N6O3/c1-15-6-5-7-18(31-2)25(15)35-28-33-13-17-10-19(22-23(29)20(37-3)11-21(38-4)24(22)30)34-27(26(17)36-28)32-12-16-8-9-39-14-16/h5-7,10-11,13,16,31H,8-9,12,14H2,1-4H3,(H,32,34)(H,33,35,36). The number of nitrogens with one attached hydrogen (secondary N) is 3. The molecule has 1 fully saturated rings. The third-order valence-corrected chi connectivity index (χ3v) is 7.51. The Morgan fingerprint density at radius 1 is 1.08 bits per heavy atom. The summed E-state index contributed by atoms with van der Waals surface area (Å²) in [5, 5.41) is 11.5. The highest BCUT2D eigenvalue weighted by atomic mass is 35.5. The number of aromatic nitrogens is 3. The van der Waals surface area contributed by atoms with E-state index in [1.54, 1.807) is 26.5 Å². The van der Waals surface area contributed by atoms with Crippen molar-refractivity contribution in [3.63, 3.8) is 0 Å². The van der Waals surface area contributed by atoms with E-state index in [9.17, 15) is 0 Å². The van der Waals surface area contributed by atoms with Crippen LogP contribution in [0.5, 0.6) is 11.5 Å². The lowest BCUT2D eigenvalue weighted by Crippen LogP contribution is -2.15. The molecule has 3 N–H and O–H groups in total. The first-order chi connectivity index (χ1) is 18.9. The van der Waals surface area contributed by atoms with Gasteiger partial charge in [-0.25, -0.2) is 15.0 Å². The van der Waals surface area contributed by atoms with Crippen LogP contribution in [0.4, 0.5) is 23.1 Å². The summed E-state index contributed by atoms with van der Waals surface area (Å²) < 4.78 is 16.5. The van der Waals surface area contributed by atoms with Crippen molar-refractivity contribution in [2.45, 2.75) is 13.3 Å². The summed E-state index contributed by atoms with van der Waals surface area (Å²) in [5.74, 6) is 2.28. The van der Waals surface area contributed by atoms with Gasteiger partial charge < -0.3 is 30.2 Å². The van der Waals surface area contributed by atoms with E-state index in [2.05, 4.69) is 20.9 Å². The Kier molecular flexibility index (Phi) is 8.11. The molecule has 11 heteroatoms.